The van der Waals surface area contributed by atoms with Gasteiger partial charge in [0.15, 0.2) is 12.0 Å². The van der Waals surface area contributed by atoms with E-state index >= 15 is 4.39 Å². The molecule has 0 spiro atoms. The summed E-state index contributed by atoms with van der Waals surface area (Å²) in [5, 5.41) is 7.66. The van der Waals surface area contributed by atoms with Gasteiger partial charge < -0.3 is 19.9 Å². The maximum Gasteiger partial charge on any atom is 0.416 e. The van der Waals surface area contributed by atoms with Crippen LogP contribution in [0.4, 0.5) is 23.2 Å². The number of fused-ring (bicyclic) bond motifs is 1. The standard InChI is InChI=1S/C26H25F4N5O2/c1-34-13-32-33-23(34)22(27)25(11-37-12-25)16-3-2-4-17(9-16)35-10-19-18(24(35)36)7-15(21(31)14-5-6-14)8-20(19)26(28,29)30/h2-4,7-9,13-14,21-22H,5-6,10-12,31H2,1H3/t21-,22+/m1/s1. The van der Waals surface area contributed by atoms with Crippen LogP contribution >= 0.6 is 0 Å². The van der Waals surface area contributed by atoms with Crippen LogP contribution in [0.15, 0.2) is 42.7 Å². The maximum atomic E-state index is 15.8. The van der Waals surface area contributed by atoms with Crippen molar-refractivity contribution in [2.45, 2.75) is 43.2 Å². The van der Waals surface area contributed by atoms with Gasteiger partial charge in [-0.3, -0.25) is 4.79 Å². The minimum atomic E-state index is -4.63. The molecular formula is C26H25F4N5O2. The third-order valence-corrected chi connectivity index (χ3v) is 7.79. The zero-order chi connectivity index (χ0) is 26.1. The Morgan fingerprint density at radius 2 is 1.95 bits per heavy atom. The normalized spacial score (nSPS) is 20.5. The number of nitrogens with zero attached hydrogens (tertiary/aromatic N) is 4. The van der Waals surface area contributed by atoms with Crippen LogP contribution in [-0.4, -0.2) is 33.9 Å². The highest BCUT2D eigenvalue weighted by molar-refractivity contribution is 6.10. The SMILES string of the molecule is Cn1cnnc1[C@H](F)C1(c2cccc(N3Cc4c(cc([C@H](N)C5CC5)cc4C(F)(F)F)C3=O)c2)COC1. The molecule has 11 heteroatoms. The summed E-state index contributed by atoms with van der Waals surface area (Å²) in [6, 6.07) is 8.74. The molecule has 2 aliphatic heterocycles. The molecule has 1 saturated carbocycles. The molecular weight excluding hydrogens is 490 g/mol. The van der Waals surface area contributed by atoms with Crippen molar-refractivity contribution in [1.29, 1.82) is 0 Å². The molecule has 1 aromatic heterocycles. The lowest BCUT2D eigenvalue weighted by atomic mass is 9.74. The summed E-state index contributed by atoms with van der Waals surface area (Å²) in [5.74, 6) is -0.258. The van der Waals surface area contributed by atoms with Crippen molar-refractivity contribution in [2.24, 2.45) is 18.7 Å². The molecule has 2 aromatic carbocycles. The molecule has 2 atom stereocenters. The van der Waals surface area contributed by atoms with Crippen LogP contribution in [0.1, 0.15) is 63.5 Å². The first-order valence-corrected chi connectivity index (χ1v) is 12.1. The lowest BCUT2D eigenvalue weighted by Gasteiger charge is -2.43. The van der Waals surface area contributed by atoms with Crippen molar-refractivity contribution in [3.05, 3.63) is 76.4 Å². The highest BCUT2D eigenvalue weighted by Gasteiger charge is 2.51. The zero-order valence-corrected chi connectivity index (χ0v) is 20.0. The van der Waals surface area contributed by atoms with Gasteiger partial charge in [0.25, 0.3) is 5.91 Å². The molecule has 194 valence electrons. The number of alkyl halides is 4. The second kappa shape index (κ2) is 8.35. The molecule has 1 saturated heterocycles. The molecule has 3 aliphatic rings. The Bertz CT molecular complexity index is 1380. The number of ether oxygens (including phenoxy) is 1. The van der Waals surface area contributed by atoms with E-state index in [-0.39, 0.29) is 42.6 Å². The van der Waals surface area contributed by atoms with E-state index in [1.54, 1.807) is 31.3 Å². The number of aryl methyl sites for hydroxylation is 1. The predicted molar refractivity (Wildman–Crippen MR) is 125 cm³/mol. The molecule has 0 unspecified atom stereocenters. The summed E-state index contributed by atoms with van der Waals surface area (Å²) < 4.78 is 64.8. The van der Waals surface area contributed by atoms with E-state index in [1.807, 2.05) is 0 Å². The highest BCUT2D eigenvalue weighted by atomic mass is 19.4. The Labute approximate surface area is 210 Å². The Morgan fingerprint density at radius 1 is 1.19 bits per heavy atom. The van der Waals surface area contributed by atoms with Crippen LogP contribution in [0.5, 0.6) is 0 Å². The van der Waals surface area contributed by atoms with Crippen molar-refractivity contribution in [1.82, 2.24) is 14.8 Å². The number of anilines is 1. The van der Waals surface area contributed by atoms with Gasteiger partial charge in [0.2, 0.25) is 0 Å². The first-order chi connectivity index (χ1) is 17.6. The van der Waals surface area contributed by atoms with Crippen molar-refractivity contribution in [3.63, 3.8) is 0 Å². The number of rotatable bonds is 6. The fourth-order valence-corrected chi connectivity index (χ4v) is 5.35. The number of aromatic nitrogens is 3. The molecule has 3 aromatic rings. The van der Waals surface area contributed by atoms with Gasteiger partial charge in [0, 0.05) is 24.3 Å². The van der Waals surface area contributed by atoms with Crippen LogP contribution in [-0.2, 0) is 29.9 Å². The molecule has 7 nitrogen and oxygen atoms in total. The Morgan fingerprint density at radius 3 is 2.54 bits per heavy atom. The molecule has 1 amide bonds. The van der Waals surface area contributed by atoms with Crippen molar-refractivity contribution < 1.29 is 27.1 Å². The molecule has 0 bridgehead atoms. The molecule has 37 heavy (non-hydrogen) atoms. The fourth-order valence-electron chi connectivity index (χ4n) is 5.35. The van der Waals surface area contributed by atoms with Crippen LogP contribution in [0.25, 0.3) is 0 Å². The predicted octanol–water partition coefficient (Wildman–Crippen LogP) is 4.38. The van der Waals surface area contributed by atoms with Gasteiger partial charge in [-0.05, 0) is 59.7 Å². The molecule has 6 rings (SSSR count). The van der Waals surface area contributed by atoms with Crippen LogP contribution in [0.3, 0.4) is 0 Å². The summed E-state index contributed by atoms with van der Waals surface area (Å²) >= 11 is 0. The molecule has 3 heterocycles. The molecule has 1 aliphatic carbocycles. The maximum absolute atomic E-state index is 15.8. The summed E-state index contributed by atoms with van der Waals surface area (Å²) in [5.41, 5.74) is 5.56. The summed E-state index contributed by atoms with van der Waals surface area (Å²) in [6.45, 7) is -0.0458. The minimum Gasteiger partial charge on any atom is -0.379 e. The summed E-state index contributed by atoms with van der Waals surface area (Å²) in [6.07, 6.45) is -3.03. The summed E-state index contributed by atoms with van der Waals surface area (Å²) in [4.78, 5) is 14.7. The number of hydrogen-bond acceptors (Lipinski definition) is 5. The van der Waals surface area contributed by atoms with E-state index in [9.17, 15) is 18.0 Å². The van der Waals surface area contributed by atoms with Crippen molar-refractivity contribution in [2.75, 3.05) is 18.1 Å². The van der Waals surface area contributed by atoms with Gasteiger partial charge in [-0.25, -0.2) is 4.39 Å². The van der Waals surface area contributed by atoms with E-state index in [2.05, 4.69) is 10.2 Å². The molecule has 2 fully saturated rings. The number of amides is 1. The van der Waals surface area contributed by atoms with Crippen LogP contribution in [0, 0.1) is 5.92 Å². The second-order valence-electron chi connectivity index (χ2n) is 10.2. The number of halogens is 4. The van der Waals surface area contributed by atoms with Crippen molar-refractivity contribution >= 4 is 11.6 Å². The third kappa shape index (κ3) is 3.83. The van der Waals surface area contributed by atoms with E-state index in [4.69, 9.17) is 10.5 Å². The van der Waals surface area contributed by atoms with E-state index in [0.29, 0.717) is 16.8 Å². The van der Waals surface area contributed by atoms with E-state index in [1.165, 1.54) is 21.9 Å². The third-order valence-electron chi connectivity index (χ3n) is 7.79. The highest BCUT2D eigenvalue weighted by Crippen LogP contribution is 2.47. The lowest BCUT2D eigenvalue weighted by molar-refractivity contribution is -0.138. The van der Waals surface area contributed by atoms with Gasteiger partial charge in [-0.2, -0.15) is 13.2 Å². The van der Waals surface area contributed by atoms with Crippen LogP contribution in [0.2, 0.25) is 0 Å². The Kier molecular flexibility index (Phi) is 5.43. The van der Waals surface area contributed by atoms with Crippen LogP contribution < -0.4 is 10.6 Å². The first kappa shape index (κ1) is 24.1. The first-order valence-electron chi connectivity index (χ1n) is 12.1. The van der Waals surface area contributed by atoms with Gasteiger partial charge >= 0.3 is 6.18 Å². The largest absolute Gasteiger partial charge is 0.416 e. The summed E-state index contributed by atoms with van der Waals surface area (Å²) in [7, 11) is 1.65. The second-order valence-corrected chi connectivity index (χ2v) is 10.2. The van der Waals surface area contributed by atoms with Gasteiger partial charge in [-0.15, -0.1) is 10.2 Å². The number of nitrogens with two attached hydrogens (primary N) is 1. The smallest absolute Gasteiger partial charge is 0.379 e. The number of carbonyl (C=O) groups excluding carboxylic acids is 1. The number of hydrogen-bond donors (Lipinski definition) is 1. The quantitative estimate of drug-likeness (QED) is 0.493. The average Bonchev–Trinajstić information content (AvgIpc) is 3.51. The zero-order valence-electron chi connectivity index (χ0n) is 20.0. The monoisotopic (exact) mass is 515 g/mol. The minimum absolute atomic E-state index is 0.00970. The number of benzene rings is 2. The lowest BCUT2D eigenvalue weighted by Crippen LogP contribution is -2.50. The van der Waals surface area contributed by atoms with Gasteiger partial charge in [-0.1, -0.05) is 12.1 Å². The van der Waals surface area contributed by atoms with Gasteiger partial charge in [0.1, 0.15) is 6.33 Å². The Balaban J connectivity index is 1.37. The van der Waals surface area contributed by atoms with Gasteiger partial charge in [0.05, 0.1) is 30.7 Å². The topological polar surface area (TPSA) is 86.3 Å². The van der Waals surface area contributed by atoms with Crippen molar-refractivity contribution in [3.8, 4) is 0 Å². The average molecular weight is 516 g/mol. The Hall–Kier alpha value is -3.31. The van der Waals surface area contributed by atoms with E-state index < -0.39 is 35.3 Å². The molecule has 0 radical (unpaired) electrons. The van der Waals surface area contributed by atoms with E-state index in [0.717, 1.165) is 18.9 Å². The fraction of sp³-hybridized carbons (Fsp3) is 0.423. The number of carbonyl (C=O) groups is 1. The molecule has 2 N–H and O–H groups in total.